The van der Waals surface area contributed by atoms with Crippen molar-refractivity contribution in [2.45, 2.75) is 53.3 Å². The van der Waals surface area contributed by atoms with Gasteiger partial charge in [-0.05, 0) is 52.1 Å². The number of imide groups is 1. The first-order chi connectivity index (χ1) is 12.7. The maximum Gasteiger partial charge on any atom is 0.340 e. The number of aromatic nitrogens is 1. The Labute approximate surface area is 162 Å². The van der Waals surface area contributed by atoms with E-state index in [0.29, 0.717) is 12.1 Å². The fourth-order valence-electron chi connectivity index (χ4n) is 2.60. The number of ether oxygens (including phenoxy) is 1. The lowest BCUT2D eigenvalue weighted by molar-refractivity contribution is -0.127. The molecule has 0 radical (unpaired) electrons. The Morgan fingerprint density at radius 3 is 2.52 bits per heavy atom. The van der Waals surface area contributed by atoms with Crippen LogP contribution in [0.3, 0.4) is 0 Å². The number of rotatable bonds is 6. The fraction of sp³-hybridized carbons (Fsp3) is 0.421. The summed E-state index contributed by atoms with van der Waals surface area (Å²) in [5, 5.41) is 6.71. The highest BCUT2D eigenvalue weighted by Crippen LogP contribution is 2.20. The second kappa shape index (κ2) is 8.85. The van der Waals surface area contributed by atoms with E-state index >= 15 is 0 Å². The molecular weight excluding hydrogens is 366 g/mol. The molecule has 0 saturated carbocycles. The minimum absolute atomic E-state index is 0.107. The number of nitrogens with zero attached hydrogens (tertiary/aromatic N) is 1. The number of hydrogen-bond acceptors (Lipinski definition) is 5. The monoisotopic (exact) mass is 391 g/mol. The van der Waals surface area contributed by atoms with E-state index in [1.807, 2.05) is 35.9 Å². The molecule has 2 aromatic heterocycles. The number of aryl methyl sites for hydroxylation is 1. The molecule has 7 nitrogen and oxygen atoms in total. The lowest BCUT2D eigenvalue weighted by atomic mass is 10.2. The van der Waals surface area contributed by atoms with Gasteiger partial charge in [0.2, 0.25) is 0 Å². The molecule has 2 heterocycles. The molecule has 2 N–H and O–H groups in total. The molecule has 27 heavy (non-hydrogen) atoms. The van der Waals surface area contributed by atoms with Crippen LogP contribution in [-0.2, 0) is 16.1 Å². The Bertz CT molecular complexity index is 824. The van der Waals surface area contributed by atoms with E-state index in [0.717, 1.165) is 11.4 Å². The smallest absolute Gasteiger partial charge is 0.340 e. The molecule has 0 aliphatic carbocycles. The topological polar surface area (TPSA) is 89.4 Å². The van der Waals surface area contributed by atoms with Gasteiger partial charge in [-0.1, -0.05) is 6.07 Å². The van der Waals surface area contributed by atoms with Gasteiger partial charge in [0.15, 0.2) is 6.10 Å². The summed E-state index contributed by atoms with van der Waals surface area (Å²) in [6.45, 7) is 9.43. The summed E-state index contributed by atoms with van der Waals surface area (Å²) in [4.78, 5) is 37.3. The first-order valence-corrected chi connectivity index (χ1v) is 9.58. The third-order valence-electron chi connectivity index (χ3n) is 4.00. The SMILES string of the molecule is Cc1cc(C(=O)OC(C)C(=O)NC(=O)NC(C)C)c(C)n1Cc1cccs1. The number of urea groups is 1. The van der Waals surface area contributed by atoms with Crippen LogP contribution < -0.4 is 10.6 Å². The standard InChI is InChI=1S/C19H25N3O4S/c1-11(2)20-19(25)21-17(23)14(5)26-18(24)16-9-12(3)22(13(16)4)10-15-7-6-8-27-15/h6-9,11,14H,10H2,1-5H3,(H2,20,21,23,25). The Kier molecular flexibility index (Phi) is 6.79. The number of carbonyl (C=O) groups is 3. The van der Waals surface area contributed by atoms with Crippen molar-refractivity contribution in [1.29, 1.82) is 0 Å². The van der Waals surface area contributed by atoms with Crippen molar-refractivity contribution in [2.24, 2.45) is 0 Å². The molecular formula is C19H25N3O4S. The minimum atomic E-state index is -1.09. The molecule has 0 aromatic carbocycles. The van der Waals surface area contributed by atoms with Crippen LogP contribution in [0.4, 0.5) is 4.79 Å². The minimum Gasteiger partial charge on any atom is -0.449 e. The van der Waals surface area contributed by atoms with Crippen LogP contribution in [0, 0.1) is 13.8 Å². The van der Waals surface area contributed by atoms with Crippen LogP contribution in [0.1, 0.15) is 47.4 Å². The molecule has 3 amide bonds. The van der Waals surface area contributed by atoms with Gasteiger partial charge in [-0.3, -0.25) is 10.1 Å². The molecule has 8 heteroatoms. The summed E-state index contributed by atoms with van der Waals surface area (Å²) in [5.74, 6) is -1.26. The van der Waals surface area contributed by atoms with Gasteiger partial charge in [0.25, 0.3) is 5.91 Å². The highest BCUT2D eigenvalue weighted by molar-refractivity contribution is 7.09. The molecule has 0 fully saturated rings. The van der Waals surface area contributed by atoms with Crippen LogP contribution in [0.5, 0.6) is 0 Å². The average molecular weight is 391 g/mol. The van der Waals surface area contributed by atoms with Crippen LogP contribution >= 0.6 is 11.3 Å². The van der Waals surface area contributed by atoms with Gasteiger partial charge in [0.05, 0.1) is 12.1 Å². The van der Waals surface area contributed by atoms with E-state index in [2.05, 4.69) is 10.6 Å². The van der Waals surface area contributed by atoms with Crippen molar-refractivity contribution in [3.05, 3.63) is 45.4 Å². The molecule has 0 spiro atoms. The number of amides is 3. The van der Waals surface area contributed by atoms with E-state index in [-0.39, 0.29) is 6.04 Å². The summed E-state index contributed by atoms with van der Waals surface area (Å²) < 4.78 is 7.28. The third kappa shape index (κ3) is 5.43. The quantitative estimate of drug-likeness (QED) is 0.741. The Morgan fingerprint density at radius 1 is 1.22 bits per heavy atom. The van der Waals surface area contributed by atoms with Crippen LogP contribution in [-0.4, -0.2) is 34.6 Å². The van der Waals surface area contributed by atoms with Gasteiger partial charge >= 0.3 is 12.0 Å². The lowest BCUT2D eigenvalue weighted by Crippen LogP contribution is -2.46. The van der Waals surface area contributed by atoms with E-state index in [9.17, 15) is 14.4 Å². The van der Waals surface area contributed by atoms with Crippen molar-refractivity contribution in [2.75, 3.05) is 0 Å². The zero-order chi connectivity index (χ0) is 20.1. The highest BCUT2D eigenvalue weighted by Gasteiger charge is 2.24. The fourth-order valence-corrected chi connectivity index (χ4v) is 3.29. The maximum absolute atomic E-state index is 12.5. The Hall–Kier alpha value is -2.61. The zero-order valence-corrected chi connectivity index (χ0v) is 17.0. The van der Waals surface area contributed by atoms with Crippen LogP contribution in [0.15, 0.2) is 23.6 Å². The van der Waals surface area contributed by atoms with E-state index < -0.39 is 24.0 Å². The molecule has 0 bridgehead atoms. The first kappa shape index (κ1) is 20.7. The number of thiophene rings is 1. The molecule has 2 aromatic rings. The third-order valence-corrected chi connectivity index (χ3v) is 4.86. The summed E-state index contributed by atoms with van der Waals surface area (Å²) >= 11 is 1.65. The number of nitrogens with one attached hydrogen (secondary N) is 2. The second-order valence-electron chi connectivity index (χ2n) is 6.62. The average Bonchev–Trinajstić information content (AvgIpc) is 3.17. The molecule has 2 rings (SSSR count). The van der Waals surface area contributed by atoms with Crippen molar-refractivity contribution >= 4 is 29.2 Å². The maximum atomic E-state index is 12.5. The molecule has 1 unspecified atom stereocenters. The zero-order valence-electron chi connectivity index (χ0n) is 16.2. The number of esters is 1. The van der Waals surface area contributed by atoms with Gasteiger partial charge < -0.3 is 14.6 Å². The normalized spacial score (nSPS) is 11.9. The predicted octanol–water partition coefficient (Wildman–Crippen LogP) is 2.99. The first-order valence-electron chi connectivity index (χ1n) is 8.70. The summed E-state index contributed by atoms with van der Waals surface area (Å²) in [6, 6.07) is 5.05. The van der Waals surface area contributed by atoms with E-state index in [1.165, 1.54) is 11.8 Å². The van der Waals surface area contributed by atoms with E-state index in [1.54, 1.807) is 31.3 Å². The van der Waals surface area contributed by atoms with Crippen molar-refractivity contribution in [1.82, 2.24) is 15.2 Å². The summed E-state index contributed by atoms with van der Waals surface area (Å²) in [6.07, 6.45) is -1.09. The van der Waals surface area contributed by atoms with Crippen LogP contribution in [0.2, 0.25) is 0 Å². The second-order valence-corrected chi connectivity index (χ2v) is 7.65. The molecule has 146 valence electrons. The Balaban J connectivity index is 2.03. The molecule has 0 aliphatic rings. The summed E-state index contributed by atoms with van der Waals surface area (Å²) in [7, 11) is 0. The molecule has 1 atom stereocenters. The van der Waals surface area contributed by atoms with Crippen molar-refractivity contribution in [3.63, 3.8) is 0 Å². The number of hydrogen-bond donors (Lipinski definition) is 2. The molecule has 0 aliphatic heterocycles. The van der Waals surface area contributed by atoms with Gasteiger partial charge in [-0.2, -0.15) is 0 Å². The largest absolute Gasteiger partial charge is 0.449 e. The van der Waals surface area contributed by atoms with Crippen molar-refractivity contribution < 1.29 is 19.1 Å². The van der Waals surface area contributed by atoms with Crippen molar-refractivity contribution in [3.8, 4) is 0 Å². The summed E-state index contributed by atoms with van der Waals surface area (Å²) in [5.41, 5.74) is 2.12. The lowest BCUT2D eigenvalue weighted by Gasteiger charge is -2.14. The number of carbonyl (C=O) groups excluding carboxylic acids is 3. The van der Waals surface area contributed by atoms with E-state index in [4.69, 9.17) is 4.74 Å². The molecule has 0 saturated heterocycles. The Morgan fingerprint density at radius 2 is 1.93 bits per heavy atom. The van der Waals surface area contributed by atoms with Gasteiger partial charge in [-0.25, -0.2) is 9.59 Å². The van der Waals surface area contributed by atoms with Gasteiger partial charge in [-0.15, -0.1) is 11.3 Å². The van der Waals surface area contributed by atoms with Crippen LogP contribution in [0.25, 0.3) is 0 Å². The van der Waals surface area contributed by atoms with Gasteiger partial charge in [0.1, 0.15) is 0 Å². The predicted molar refractivity (Wildman–Crippen MR) is 104 cm³/mol. The van der Waals surface area contributed by atoms with Gasteiger partial charge in [0, 0.05) is 22.3 Å². The highest BCUT2D eigenvalue weighted by atomic mass is 32.1.